The van der Waals surface area contributed by atoms with Gasteiger partial charge in [-0.1, -0.05) is 17.7 Å². The molecule has 2 nitrogen and oxygen atoms in total. The Morgan fingerprint density at radius 3 is 2.40 bits per heavy atom. The van der Waals surface area contributed by atoms with Gasteiger partial charge in [0.05, 0.1) is 5.02 Å². The molecule has 20 heavy (non-hydrogen) atoms. The van der Waals surface area contributed by atoms with Crippen LogP contribution in [0.3, 0.4) is 0 Å². The largest absolute Gasteiger partial charge is 0.314 e. The molecule has 0 aromatic heterocycles. The topological polar surface area (TPSA) is 15.3 Å². The summed E-state index contributed by atoms with van der Waals surface area (Å²) in [6.45, 7) is 4.53. The molecule has 114 valence electrons. The number of benzene rings is 1. The van der Waals surface area contributed by atoms with Crippen molar-refractivity contribution in [3.05, 3.63) is 33.3 Å². The van der Waals surface area contributed by atoms with Crippen LogP contribution in [-0.4, -0.2) is 31.1 Å². The third-order valence-corrected chi connectivity index (χ3v) is 5.11. The van der Waals surface area contributed by atoms with Crippen molar-refractivity contribution in [2.75, 3.05) is 26.2 Å². The Labute approximate surface area is 146 Å². The van der Waals surface area contributed by atoms with Gasteiger partial charge in [0, 0.05) is 36.7 Å². The van der Waals surface area contributed by atoms with Gasteiger partial charge in [0.15, 0.2) is 0 Å². The molecule has 0 amide bonds. The molecule has 1 aromatic rings. The van der Waals surface area contributed by atoms with E-state index in [1.807, 2.05) is 6.07 Å². The van der Waals surface area contributed by atoms with Crippen molar-refractivity contribution in [1.82, 2.24) is 10.2 Å². The van der Waals surface area contributed by atoms with Gasteiger partial charge in [-0.25, -0.2) is 0 Å². The minimum absolute atomic E-state index is 0. The van der Waals surface area contributed by atoms with Gasteiger partial charge in [-0.3, -0.25) is 4.90 Å². The molecule has 2 aliphatic rings. The summed E-state index contributed by atoms with van der Waals surface area (Å²) < 4.78 is 1.02. The van der Waals surface area contributed by atoms with Gasteiger partial charge < -0.3 is 5.32 Å². The Morgan fingerprint density at radius 1 is 1.20 bits per heavy atom. The predicted molar refractivity (Wildman–Crippen MR) is 93.6 cm³/mol. The normalized spacial score (nSPS) is 20.7. The fraction of sp³-hybridized carbons (Fsp3) is 0.571. The molecule has 1 aliphatic heterocycles. The summed E-state index contributed by atoms with van der Waals surface area (Å²) in [7, 11) is 0. The third-order valence-electron chi connectivity index (χ3n) is 3.90. The zero-order valence-corrected chi connectivity index (χ0v) is 15.1. The highest BCUT2D eigenvalue weighted by atomic mass is 79.9. The zero-order chi connectivity index (χ0) is 12.5. The van der Waals surface area contributed by atoms with Crippen LogP contribution in [0.2, 0.25) is 5.02 Å². The van der Waals surface area contributed by atoms with Gasteiger partial charge in [0.1, 0.15) is 0 Å². The molecule has 1 saturated heterocycles. The van der Waals surface area contributed by atoms with Crippen LogP contribution in [0.4, 0.5) is 0 Å². The minimum Gasteiger partial charge on any atom is -0.314 e. The van der Waals surface area contributed by atoms with Gasteiger partial charge in [-0.15, -0.1) is 24.8 Å². The van der Waals surface area contributed by atoms with Crippen LogP contribution in [-0.2, 0) is 0 Å². The fourth-order valence-corrected chi connectivity index (χ4v) is 3.36. The molecule has 1 saturated carbocycles. The molecule has 2 fully saturated rings. The van der Waals surface area contributed by atoms with Crippen molar-refractivity contribution in [2.45, 2.75) is 18.9 Å². The summed E-state index contributed by atoms with van der Waals surface area (Å²) in [6, 6.07) is 6.99. The Bertz CT molecular complexity index is 434. The number of nitrogens with one attached hydrogen (secondary N) is 1. The summed E-state index contributed by atoms with van der Waals surface area (Å²) in [5, 5.41) is 4.23. The minimum atomic E-state index is 0. The van der Waals surface area contributed by atoms with Crippen molar-refractivity contribution in [2.24, 2.45) is 5.92 Å². The second-order valence-corrected chi connectivity index (χ2v) is 6.50. The van der Waals surface area contributed by atoms with Crippen molar-refractivity contribution in [3.63, 3.8) is 0 Å². The number of halogens is 4. The van der Waals surface area contributed by atoms with Crippen molar-refractivity contribution in [1.29, 1.82) is 0 Å². The van der Waals surface area contributed by atoms with Crippen LogP contribution in [0, 0.1) is 5.92 Å². The van der Waals surface area contributed by atoms with Gasteiger partial charge in [0.25, 0.3) is 0 Å². The molecule has 1 atom stereocenters. The quantitative estimate of drug-likeness (QED) is 0.811. The first kappa shape index (κ1) is 18.5. The molecule has 3 rings (SSSR count). The number of hydrogen-bond acceptors (Lipinski definition) is 2. The molecule has 0 unspecified atom stereocenters. The van der Waals surface area contributed by atoms with Gasteiger partial charge in [-0.05, 0) is 52.4 Å². The summed E-state index contributed by atoms with van der Waals surface area (Å²) >= 11 is 9.64. The third kappa shape index (κ3) is 4.25. The molecular weight excluding hydrogens is 382 g/mol. The highest BCUT2D eigenvalue weighted by Crippen LogP contribution is 2.45. The number of piperazine rings is 1. The van der Waals surface area contributed by atoms with E-state index in [-0.39, 0.29) is 24.8 Å². The SMILES string of the molecule is Cl.Cl.Clc1ccc([C@H](C2CC2)N2CCNCC2)cc1Br. The molecule has 1 N–H and O–H groups in total. The van der Waals surface area contributed by atoms with Crippen LogP contribution in [0.25, 0.3) is 0 Å². The molecule has 0 spiro atoms. The lowest BCUT2D eigenvalue weighted by atomic mass is 10.00. The molecule has 6 heteroatoms. The van der Waals surface area contributed by atoms with Crippen LogP contribution in [0.15, 0.2) is 22.7 Å². The highest BCUT2D eigenvalue weighted by molar-refractivity contribution is 9.10. The first-order valence-electron chi connectivity index (χ1n) is 6.65. The Morgan fingerprint density at radius 2 is 1.85 bits per heavy atom. The van der Waals surface area contributed by atoms with Crippen molar-refractivity contribution in [3.8, 4) is 0 Å². The van der Waals surface area contributed by atoms with E-state index < -0.39 is 0 Å². The summed E-state index contributed by atoms with van der Waals surface area (Å²) in [5.41, 5.74) is 1.41. The monoisotopic (exact) mass is 400 g/mol. The maximum Gasteiger partial charge on any atom is 0.0548 e. The van der Waals surface area contributed by atoms with Crippen molar-refractivity contribution >= 4 is 52.3 Å². The van der Waals surface area contributed by atoms with Crippen LogP contribution < -0.4 is 5.32 Å². The predicted octanol–water partition coefficient (Wildman–Crippen LogP) is 4.30. The zero-order valence-electron chi connectivity index (χ0n) is 11.1. The van der Waals surface area contributed by atoms with Gasteiger partial charge in [-0.2, -0.15) is 0 Å². The van der Waals surface area contributed by atoms with E-state index in [1.165, 1.54) is 18.4 Å². The first-order chi connectivity index (χ1) is 8.75. The fourth-order valence-electron chi connectivity index (χ4n) is 2.85. The summed E-state index contributed by atoms with van der Waals surface area (Å²) in [4.78, 5) is 2.63. The van der Waals surface area contributed by atoms with E-state index in [2.05, 4.69) is 38.3 Å². The number of rotatable bonds is 3. The summed E-state index contributed by atoms with van der Waals surface area (Å²) in [6.07, 6.45) is 2.74. The lowest BCUT2D eigenvalue weighted by Gasteiger charge is -2.35. The molecule has 0 radical (unpaired) electrons. The number of hydrogen-bond donors (Lipinski definition) is 1. The first-order valence-corrected chi connectivity index (χ1v) is 7.82. The maximum atomic E-state index is 6.10. The van der Waals surface area contributed by atoms with E-state index in [0.29, 0.717) is 6.04 Å². The van der Waals surface area contributed by atoms with E-state index in [1.54, 1.807) is 0 Å². The molecule has 1 aliphatic carbocycles. The van der Waals surface area contributed by atoms with Crippen LogP contribution >= 0.6 is 52.3 Å². The van der Waals surface area contributed by atoms with Crippen molar-refractivity contribution < 1.29 is 0 Å². The highest BCUT2D eigenvalue weighted by Gasteiger charge is 2.36. The molecule has 0 bridgehead atoms. The van der Waals surface area contributed by atoms with Gasteiger partial charge >= 0.3 is 0 Å². The van der Waals surface area contributed by atoms with E-state index in [9.17, 15) is 0 Å². The van der Waals surface area contributed by atoms with E-state index in [0.717, 1.165) is 41.6 Å². The lowest BCUT2D eigenvalue weighted by Crippen LogP contribution is -2.45. The van der Waals surface area contributed by atoms with Crippen LogP contribution in [0.1, 0.15) is 24.4 Å². The second kappa shape index (κ2) is 8.21. The average molecular weight is 403 g/mol. The molecule has 1 aromatic carbocycles. The number of nitrogens with zero attached hydrogens (tertiary/aromatic N) is 1. The second-order valence-electron chi connectivity index (χ2n) is 5.24. The Balaban J connectivity index is 0.000001000. The van der Waals surface area contributed by atoms with E-state index >= 15 is 0 Å². The molecule has 1 heterocycles. The molecular formula is C14H20BrCl3N2. The summed E-state index contributed by atoms with van der Waals surface area (Å²) in [5.74, 6) is 0.844. The smallest absolute Gasteiger partial charge is 0.0548 e. The maximum absolute atomic E-state index is 6.10. The Kier molecular flexibility index (Phi) is 7.61. The standard InChI is InChI=1S/C14H18BrClN2.2ClH/c15-12-9-11(3-4-13(12)16)14(10-1-2-10)18-7-5-17-6-8-18;;/h3-4,9-10,14,17H,1-2,5-8H2;2*1H/t14-;;/m0../s1. The van der Waals surface area contributed by atoms with E-state index in [4.69, 9.17) is 11.6 Å². The Hall–Kier alpha value is 0.490. The van der Waals surface area contributed by atoms with Crippen LogP contribution in [0.5, 0.6) is 0 Å². The average Bonchev–Trinajstić information content (AvgIpc) is 3.20. The van der Waals surface area contributed by atoms with Gasteiger partial charge in [0.2, 0.25) is 0 Å². The lowest BCUT2D eigenvalue weighted by molar-refractivity contribution is 0.156.